The van der Waals surface area contributed by atoms with Crippen molar-refractivity contribution in [3.63, 3.8) is 0 Å². The fourth-order valence-electron chi connectivity index (χ4n) is 1.84. The minimum atomic E-state index is -1.50. The molecular weight excluding hydrogens is 290 g/mol. The molecule has 1 amide bonds. The Labute approximate surface area is 118 Å². The van der Waals surface area contributed by atoms with E-state index in [0.717, 1.165) is 0 Å². The van der Waals surface area contributed by atoms with E-state index in [4.69, 9.17) is 9.47 Å². The maximum Gasteiger partial charge on any atom is 0.305 e. The van der Waals surface area contributed by atoms with Crippen molar-refractivity contribution in [2.45, 2.75) is 6.10 Å². The van der Waals surface area contributed by atoms with Gasteiger partial charge in [0.25, 0.3) is 5.91 Å². The van der Waals surface area contributed by atoms with E-state index in [9.17, 15) is 23.7 Å². The van der Waals surface area contributed by atoms with Crippen LogP contribution in [0.3, 0.4) is 0 Å². The summed E-state index contributed by atoms with van der Waals surface area (Å²) in [4.78, 5) is 21.4. The number of nitrogens with zero attached hydrogens (tertiary/aromatic N) is 1. The Balaban J connectivity index is 2.11. The molecule has 7 nitrogen and oxygen atoms in total. The normalized spacial score (nSPS) is 18.3. The van der Waals surface area contributed by atoms with Gasteiger partial charge in [-0.15, -0.1) is 0 Å². The van der Waals surface area contributed by atoms with E-state index in [1.807, 2.05) is 0 Å². The van der Waals surface area contributed by atoms with Gasteiger partial charge in [-0.2, -0.15) is 4.39 Å². The van der Waals surface area contributed by atoms with Crippen LogP contribution in [0.4, 0.5) is 14.5 Å². The second-order valence-corrected chi connectivity index (χ2v) is 4.29. The molecule has 1 heterocycles. The number of benzene rings is 1. The van der Waals surface area contributed by atoms with Crippen molar-refractivity contribution < 1.29 is 28.0 Å². The van der Waals surface area contributed by atoms with Crippen LogP contribution < -0.4 is 5.32 Å². The van der Waals surface area contributed by atoms with E-state index in [2.05, 4.69) is 5.32 Å². The lowest BCUT2D eigenvalue weighted by atomic mass is 10.1. The number of carbonyl (C=O) groups is 1. The Morgan fingerprint density at radius 1 is 1.43 bits per heavy atom. The summed E-state index contributed by atoms with van der Waals surface area (Å²) in [5, 5.41) is 12.9. The molecule has 1 N–H and O–H groups in total. The lowest BCUT2D eigenvalue weighted by Gasteiger charge is -2.23. The molecule has 0 aromatic heterocycles. The molecule has 2 rings (SSSR count). The third-order valence-electron chi connectivity index (χ3n) is 2.87. The first-order chi connectivity index (χ1) is 10.0. The van der Waals surface area contributed by atoms with Gasteiger partial charge in [-0.1, -0.05) is 0 Å². The highest BCUT2D eigenvalue weighted by Crippen LogP contribution is 2.22. The summed E-state index contributed by atoms with van der Waals surface area (Å²) in [5.41, 5.74) is -1.94. The molecule has 0 aliphatic carbocycles. The van der Waals surface area contributed by atoms with Gasteiger partial charge < -0.3 is 14.8 Å². The van der Waals surface area contributed by atoms with Crippen LogP contribution in [0.2, 0.25) is 0 Å². The van der Waals surface area contributed by atoms with Crippen molar-refractivity contribution in [3.8, 4) is 0 Å². The molecule has 1 fully saturated rings. The molecule has 9 heteroatoms. The monoisotopic (exact) mass is 302 g/mol. The number of hydrogen-bond acceptors (Lipinski definition) is 5. The topological polar surface area (TPSA) is 90.7 Å². The maximum atomic E-state index is 13.8. The number of amides is 1. The number of nitrogens with one attached hydrogen (secondary N) is 1. The second kappa shape index (κ2) is 6.55. The summed E-state index contributed by atoms with van der Waals surface area (Å²) < 4.78 is 37.7. The number of nitro benzene ring substituents is 1. The minimum Gasteiger partial charge on any atom is -0.376 e. The van der Waals surface area contributed by atoms with Gasteiger partial charge in [-0.25, -0.2) is 4.39 Å². The van der Waals surface area contributed by atoms with Crippen molar-refractivity contribution in [1.82, 2.24) is 5.32 Å². The molecule has 1 atom stereocenters. The van der Waals surface area contributed by atoms with Crippen LogP contribution in [-0.4, -0.2) is 43.3 Å². The van der Waals surface area contributed by atoms with Crippen LogP contribution in [0.15, 0.2) is 12.1 Å². The van der Waals surface area contributed by atoms with Crippen molar-refractivity contribution in [2.24, 2.45) is 0 Å². The molecule has 21 heavy (non-hydrogen) atoms. The van der Waals surface area contributed by atoms with Gasteiger partial charge in [0.15, 0.2) is 0 Å². The maximum absolute atomic E-state index is 13.8. The standard InChI is InChI=1S/C12H12F2N2O5/c13-8-1-2-9(16(18)19)11(14)10(8)12(17)15-5-7-6-20-3-4-21-7/h1-2,7H,3-6H2,(H,15,17). The van der Waals surface area contributed by atoms with Gasteiger partial charge in [-0.05, 0) is 6.07 Å². The third kappa shape index (κ3) is 3.50. The van der Waals surface area contributed by atoms with Gasteiger partial charge in [0.1, 0.15) is 11.4 Å². The van der Waals surface area contributed by atoms with Crippen LogP contribution >= 0.6 is 0 Å². The van der Waals surface area contributed by atoms with Crippen LogP contribution in [0, 0.1) is 21.7 Å². The van der Waals surface area contributed by atoms with E-state index in [1.165, 1.54) is 0 Å². The summed E-state index contributed by atoms with van der Waals surface area (Å²) in [6.07, 6.45) is -0.424. The van der Waals surface area contributed by atoms with Gasteiger partial charge >= 0.3 is 5.69 Å². The molecular formula is C12H12F2N2O5. The molecule has 1 saturated heterocycles. The Kier molecular flexibility index (Phi) is 4.76. The minimum absolute atomic E-state index is 0.0135. The number of ether oxygens (including phenoxy) is 2. The molecule has 0 radical (unpaired) electrons. The molecule has 0 bridgehead atoms. The number of hydrogen-bond donors (Lipinski definition) is 1. The summed E-state index contributed by atoms with van der Waals surface area (Å²) in [6, 6.07) is 1.34. The van der Waals surface area contributed by atoms with Gasteiger partial charge in [0.05, 0.1) is 30.8 Å². The Morgan fingerprint density at radius 3 is 2.81 bits per heavy atom. The van der Waals surface area contributed by atoms with Crippen molar-refractivity contribution in [3.05, 3.63) is 39.4 Å². The highest BCUT2D eigenvalue weighted by atomic mass is 19.1. The molecule has 1 aliphatic heterocycles. The van der Waals surface area contributed by atoms with E-state index < -0.39 is 39.8 Å². The largest absolute Gasteiger partial charge is 0.376 e. The number of rotatable bonds is 4. The van der Waals surface area contributed by atoms with Crippen molar-refractivity contribution >= 4 is 11.6 Å². The summed E-state index contributed by atoms with van der Waals surface area (Å²) in [6.45, 7) is 1.04. The predicted molar refractivity (Wildman–Crippen MR) is 65.9 cm³/mol. The first-order valence-corrected chi connectivity index (χ1v) is 6.10. The average Bonchev–Trinajstić information content (AvgIpc) is 2.46. The van der Waals surface area contributed by atoms with Crippen LogP contribution in [-0.2, 0) is 9.47 Å². The molecule has 1 aliphatic rings. The average molecular weight is 302 g/mol. The second-order valence-electron chi connectivity index (χ2n) is 4.29. The van der Waals surface area contributed by atoms with Gasteiger partial charge in [0, 0.05) is 12.6 Å². The van der Waals surface area contributed by atoms with E-state index >= 15 is 0 Å². The molecule has 0 saturated carbocycles. The smallest absolute Gasteiger partial charge is 0.305 e. The Morgan fingerprint density at radius 2 is 2.19 bits per heavy atom. The van der Waals surface area contributed by atoms with Gasteiger partial charge in [-0.3, -0.25) is 14.9 Å². The van der Waals surface area contributed by atoms with Crippen molar-refractivity contribution in [2.75, 3.05) is 26.4 Å². The highest BCUT2D eigenvalue weighted by Gasteiger charge is 2.26. The summed E-state index contributed by atoms with van der Waals surface area (Å²) in [7, 11) is 0. The Hall–Kier alpha value is -2.13. The molecule has 1 aromatic rings. The first-order valence-electron chi connectivity index (χ1n) is 6.10. The summed E-state index contributed by atoms with van der Waals surface area (Å²) in [5.74, 6) is -3.75. The van der Waals surface area contributed by atoms with E-state index in [1.54, 1.807) is 0 Å². The highest BCUT2D eigenvalue weighted by molar-refractivity contribution is 5.95. The van der Waals surface area contributed by atoms with Crippen LogP contribution in [0.5, 0.6) is 0 Å². The lowest BCUT2D eigenvalue weighted by Crippen LogP contribution is -2.40. The quantitative estimate of drug-likeness (QED) is 0.662. The number of halogens is 2. The number of carbonyl (C=O) groups excluding carboxylic acids is 1. The molecule has 1 unspecified atom stereocenters. The fourth-order valence-corrected chi connectivity index (χ4v) is 1.84. The van der Waals surface area contributed by atoms with Crippen LogP contribution in [0.1, 0.15) is 10.4 Å². The van der Waals surface area contributed by atoms with Crippen LogP contribution in [0.25, 0.3) is 0 Å². The van der Waals surface area contributed by atoms with E-state index in [0.29, 0.717) is 25.3 Å². The zero-order valence-corrected chi connectivity index (χ0v) is 10.8. The molecule has 0 spiro atoms. The van der Waals surface area contributed by atoms with Crippen molar-refractivity contribution in [1.29, 1.82) is 0 Å². The number of nitro groups is 1. The van der Waals surface area contributed by atoms with E-state index in [-0.39, 0.29) is 13.2 Å². The summed E-state index contributed by atoms with van der Waals surface area (Å²) >= 11 is 0. The zero-order chi connectivity index (χ0) is 15.4. The van der Waals surface area contributed by atoms with Gasteiger partial charge in [0.2, 0.25) is 5.82 Å². The first kappa shape index (κ1) is 15.3. The Bertz CT molecular complexity index is 561. The lowest BCUT2D eigenvalue weighted by molar-refractivity contribution is -0.387. The third-order valence-corrected chi connectivity index (χ3v) is 2.87. The SMILES string of the molecule is O=C(NCC1COCCO1)c1c(F)ccc([N+](=O)[O-])c1F. The fraction of sp³-hybridized carbons (Fsp3) is 0.417. The molecule has 1 aromatic carbocycles. The zero-order valence-electron chi connectivity index (χ0n) is 10.8. The predicted octanol–water partition coefficient (Wildman–Crippen LogP) is 1.02. The molecule has 114 valence electrons.